The fourth-order valence-corrected chi connectivity index (χ4v) is 4.95. The van der Waals surface area contributed by atoms with E-state index in [4.69, 9.17) is 9.72 Å². The molecule has 2 aliphatic heterocycles. The van der Waals surface area contributed by atoms with Gasteiger partial charge in [-0.2, -0.15) is 0 Å². The van der Waals surface area contributed by atoms with Gasteiger partial charge in [-0.25, -0.2) is 4.98 Å². The summed E-state index contributed by atoms with van der Waals surface area (Å²) in [5.41, 5.74) is 2.55. The van der Waals surface area contributed by atoms with Gasteiger partial charge in [0.15, 0.2) is 0 Å². The predicted molar refractivity (Wildman–Crippen MR) is 138 cm³/mol. The Balaban J connectivity index is 1.25. The van der Waals surface area contributed by atoms with Crippen LogP contribution < -0.4 is 15.5 Å². The summed E-state index contributed by atoms with van der Waals surface area (Å²) in [6.07, 6.45) is 1.88. The Morgan fingerprint density at radius 1 is 1.14 bits per heavy atom. The number of benzene rings is 2. The van der Waals surface area contributed by atoms with E-state index in [1.54, 1.807) is 12.0 Å². The predicted octanol–water partition coefficient (Wildman–Crippen LogP) is 3.46. The molecule has 5 rings (SSSR count). The highest BCUT2D eigenvalue weighted by Gasteiger charge is 2.29. The van der Waals surface area contributed by atoms with Crippen LogP contribution in [0.1, 0.15) is 24.5 Å². The van der Waals surface area contributed by atoms with E-state index in [9.17, 15) is 9.59 Å². The quantitative estimate of drug-likeness (QED) is 0.511. The number of likely N-dealkylation sites (tertiary alicyclic amines) is 1. The van der Waals surface area contributed by atoms with Crippen molar-refractivity contribution >= 4 is 39.8 Å². The molecule has 0 bridgehead atoms. The van der Waals surface area contributed by atoms with Gasteiger partial charge in [0, 0.05) is 30.7 Å². The largest absolute Gasteiger partial charge is 0.383 e. The fraction of sp³-hybridized carbons (Fsp3) is 0.370. The molecule has 2 aromatic carbocycles. The second-order valence-corrected chi connectivity index (χ2v) is 9.13. The lowest BCUT2D eigenvalue weighted by Crippen LogP contribution is -2.47. The number of methoxy groups -OCH3 is 1. The van der Waals surface area contributed by atoms with Gasteiger partial charge in [0.05, 0.1) is 24.5 Å². The number of carbonyl (C=O) groups excluding carboxylic acids is 2. The van der Waals surface area contributed by atoms with Crippen molar-refractivity contribution in [1.82, 2.24) is 9.88 Å². The van der Waals surface area contributed by atoms with Crippen LogP contribution >= 0.6 is 0 Å². The normalized spacial score (nSPS) is 16.7. The van der Waals surface area contributed by atoms with Crippen molar-refractivity contribution in [2.75, 3.05) is 62.0 Å². The lowest BCUT2D eigenvalue weighted by Gasteiger charge is -2.34. The molecule has 2 N–H and O–H groups in total. The average molecular weight is 474 g/mol. The zero-order valence-corrected chi connectivity index (χ0v) is 20.0. The Labute approximate surface area is 205 Å². The lowest BCUT2D eigenvalue weighted by molar-refractivity contribution is -0.122. The first-order chi connectivity index (χ1) is 17.1. The Kier molecular flexibility index (Phi) is 6.92. The van der Waals surface area contributed by atoms with Gasteiger partial charge >= 0.3 is 0 Å². The Morgan fingerprint density at radius 2 is 1.91 bits per heavy atom. The summed E-state index contributed by atoms with van der Waals surface area (Å²) >= 11 is 0. The van der Waals surface area contributed by atoms with Gasteiger partial charge in [0.2, 0.25) is 11.8 Å². The molecule has 1 saturated heterocycles. The maximum atomic E-state index is 13.1. The van der Waals surface area contributed by atoms with E-state index in [0.29, 0.717) is 31.3 Å². The molecule has 0 spiro atoms. The molecule has 35 heavy (non-hydrogen) atoms. The van der Waals surface area contributed by atoms with Crippen LogP contribution in [0.4, 0.5) is 17.2 Å². The van der Waals surface area contributed by atoms with Crippen molar-refractivity contribution in [3.05, 3.63) is 60.3 Å². The van der Waals surface area contributed by atoms with E-state index in [1.807, 2.05) is 30.3 Å². The summed E-state index contributed by atoms with van der Waals surface area (Å²) < 4.78 is 5.19. The third kappa shape index (κ3) is 5.13. The van der Waals surface area contributed by atoms with Crippen LogP contribution in [-0.2, 0) is 14.3 Å². The summed E-state index contributed by atoms with van der Waals surface area (Å²) in [5, 5.41) is 8.55. The van der Waals surface area contributed by atoms with Gasteiger partial charge in [-0.05, 0) is 49.5 Å². The Bertz CT molecular complexity index is 1220. The number of ether oxygens (including phenoxy) is 1. The highest BCUT2D eigenvalue weighted by atomic mass is 16.5. The van der Waals surface area contributed by atoms with Crippen LogP contribution in [0, 0.1) is 0 Å². The molecule has 8 nitrogen and oxygen atoms in total. The number of hydrogen-bond donors (Lipinski definition) is 2. The SMILES string of the molecule is COCCNc1nc(C2CCN(CC(=O)N3CC(=O)Nc4ccccc43)CC2)cc2ccccc12. The number of carbonyl (C=O) groups is 2. The molecule has 3 heterocycles. The summed E-state index contributed by atoms with van der Waals surface area (Å²) in [4.78, 5) is 34.0. The minimum Gasteiger partial charge on any atom is -0.383 e. The van der Waals surface area contributed by atoms with Crippen molar-refractivity contribution < 1.29 is 14.3 Å². The van der Waals surface area contributed by atoms with Crippen LogP contribution in [-0.4, -0.2) is 68.1 Å². The second-order valence-electron chi connectivity index (χ2n) is 9.13. The molecule has 1 fully saturated rings. The van der Waals surface area contributed by atoms with Crippen molar-refractivity contribution in [1.29, 1.82) is 0 Å². The maximum Gasteiger partial charge on any atom is 0.244 e. The van der Waals surface area contributed by atoms with Gasteiger partial charge in [-0.3, -0.25) is 19.4 Å². The Hall–Kier alpha value is -3.49. The van der Waals surface area contributed by atoms with Gasteiger partial charge < -0.3 is 15.4 Å². The number of nitrogens with one attached hydrogen (secondary N) is 2. The summed E-state index contributed by atoms with van der Waals surface area (Å²) in [6.45, 7) is 3.33. The zero-order valence-electron chi connectivity index (χ0n) is 20.0. The number of anilines is 3. The number of amides is 2. The summed E-state index contributed by atoms with van der Waals surface area (Å²) in [6, 6.07) is 18.0. The van der Waals surface area contributed by atoms with Crippen molar-refractivity contribution in [3.63, 3.8) is 0 Å². The fourth-order valence-electron chi connectivity index (χ4n) is 4.95. The molecular formula is C27H31N5O3. The first kappa shape index (κ1) is 23.3. The van der Waals surface area contributed by atoms with Crippen LogP contribution in [0.15, 0.2) is 54.6 Å². The number of aromatic nitrogens is 1. The van der Waals surface area contributed by atoms with Crippen LogP contribution in [0.2, 0.25) is 0 Å². The molecule has 3 aromatic rings. The minimum atomic E-state index is -0.159. The zero-order chi connectivity index (χ0) is 24.2. The Morgan fingerprint density at radius 3 is 2.74 bits per heavy atom. The van der Waals surface area contributed by atoms with E-state index in [0.717, 1.165) is 48.5 Å². The van der Waals surface area contributed by atoms with Crippen LogP contribution in [0.3, 0.4) is 0 Å². The third-order valence-electron chi connectivity index (χ3n) is 6.80. The van der Waals surface area contributed by atoms with E-state index < -0.39 is 0 Å². The molecule has 0 aliphatic carbocycles. The number of rotatable bonds is 7. The standard InChI is InChI=1S/C27H31N5O3/c1-35-15-12-28-27-21-7-3-2-6-20(21)16-23(30-27)19-10-13-31(14-11-19)18-26(34)32-17-25(33)29-22-8-4-5-9-24(22)32/h2-9,16,19H,10-15,17-18H2,1H3,(H,28,30)(H,29,33). The van der Waals surface area contributed by atoms with E-state index in [2.05, 4.69) is 39.8 Å². The highest BCUT2D eigenvalue weighted by Crippen LogP contribution is 2.32. The molecule has 0 saturated carbocycles. The average Bonchev–Trinajstić information content (AvgIpc) is 2.88. The molecule has 1 aromatic heterocycles. The molecule has 0 radical (unpaired) electrons. The molecular weight excluding hydrogens is 442 g/mol. The number of pyridine rings is 1. The molecule has 0 unspecified atom stereocenters. The second kappa shape index (κ2) is 10.4. The lowest BCUT2D eigenvalue weighted by atomic mass is 9.92. The van der Waals surface area contributed by atoms with Crippen LogP contribution in [0.25, 0.3) is 10.8 Å². The highest BCUT2D eigenvalue weighted by molar-refractivity contribution is 6.10. The maximum absolute atomic E-state index is 13.1. The first-order valence-electron chi connectivity index (χ1n) is 12.2. The third-order valence-corrected chi connectivity index (χ3v) is 6.80. The van der Waals surface area contributed by atoms with Crippen LogP contribution in [0.5, 0.6) is 0 Å². The van der Waals surface area contributed by atoms with E-state index in [1.165, 1.54) is 5.39 Å². The van der Waals surface area contributed by atoms with Gasteiger partial charge in [-0.15, -0.1) is 0 Å². The topological polar surface area (TPSA) is 86.8 Å². The van der Waals surface area contributed by atoms with Gasteiger partial charge in [0.1, 0.15) is 12.4 Å². The van der Waals surface area contributed by atoms with Crippen molar-refractivity contribution in [2.45, 2.75) is 18.8 Å². The number of nitrogens with zero attached hydrogens (tertiary/aromatic N) is 3. The van der Waals surface area contributed by atoms with Gasteiger partial charge in [-0.1, -0.05) is 36.4 Å². The summed E-state index contributed by atoms with van der Waals surface area (Å²) in [5.74, 6) is 1.04. The molecule has 0 atom stereocenters. The minimum absolute atomic E-state index is 0.0424. The molecule has 2 aliphatic rings. The van der Waals surface area contributed by atoms with E-state index >= 15 is 0 Å². The van der Waals surface area contributed by atoms with Crippen molar-refractivity contribution in [2.24, 2.45) is 0 Å². The number of para-hydroxylation sites is 2. The van der Waals surface area contributed by atoms with Gasteiger partial charge in [0.25, 0.3) is 0 Å². The number of piperidine rings is 1. The van der Waals surface area contributed by atoms with E-state index in [-0.39, 0.29) is 18.4 Å². The molecule has 182 valence electrons. The first-order valence-corrected chi connectivity index (χ1v) is 12.2. The molecule has 8 heteroatoms. The number of hydrogen-bond acceptors (Lipinski definition) is 6. The molecule has 2 amide bonds. The number of fused-ring (bicyclic) bond motifs is 2. The monoisotopic (exact) mass is 473 g/mol. The van der Waals surface area contributed by atoms with Crippen molar-refractivity contribution in [3.8, 4) is 0 Å². The smallest absolute Gasteiger partial charge is 0.244 e. The summed E-state index contributed by atoms with van der Waals surface area (Å²) in [7, 11) is 1.70.